The third-order valence-corrected chi connectivity index (χ3v) is 5.84. The Morgan fingerprint density at radius 3 is 2.66 bits per heavy atom. The Morgan fingerprint density at radius 1 is 1.03 bits per heavy atom. The normalized spacial score (nSPS) is 15.7. The van der Waals surface area contributed by atoms with E-state index < -0.39 is 0 Å². The van der Waals surface area contributed by atoms with Gasteiger partial charge in [-0.25, -0.2) is 4.98 Å². The minimum atomic E-state index is -0.158. The van der Waals surface area contributed by atoms with Crippen LogP contribution in [0.5, 0.6) is 5.75 Å². The maximum Gasteiger partial charge on any atom is 0.238 e. The molecule has 3 aromatic carbocycles. The van der Waals surface area contributed by atoms with Gasteiger partial charge in [0.2, 0.25) is 5.91 Å². The van der Waals surface area contributed by atoms with Crippen LogP contribution in [0.1, 0.15) is 11.6 Å². The molecule has 1 N–H and O–H groups in total. The summed E-state index contributed by atoms with van der Waals surface area (Å²) < 4.78 is 5.95. The predicted octanol–water partition coefficient (Wildman–Crippen LogP) is 4.82. The molecule has 1 amide bonds. The number of aromatic nitrogens is 2. The molecule has 0 unspecified atom stereocenters. The molecule has 4 aromatic rings. The number of fused-ring (bicyclic) bond motifs is 2. The SMILES string of the molecule is O=C(CSc1nc2ccccc2[nH]1)N1c2ccccc2OC[C@@H]1c1ccccc1. The molecule has 5 nitrogen and oxygen atoms in total. The Labute approximate surface area is 172 Å². The topological polar surface area (TPSA) is 58.2 Å². The number of anilines is 1. The second-order valence-corrected chi connectivity index (χ2v) is 7.78. The number of para-hydroxylation sites is 4. The summed E-state index contributed by atoms with van der Waals surface area (Å²) in [4.78, 5) is 23.0. The second-order valence-electron chi connectivity index (χ2n) is 6.82. The molecule has 0 spiro atoms. The molecule has 0 aliphatic carbocycles. The van der Waals surface area contributed by atoms with Crippen molar-refractivity contribution in [3.05, 3.63) is 84.4 Å². The zero-order valence-corrected chi connectivity index (χ0v) is 16.4. The molecule has 1 aromatic heterocycles. The third-order valence-electron chi connectivity index (χ3n) is 4.99. The number of nitrogens with zero attached hydrogens (tertiary/aromatic N) is 2. The standard InChI is InChI=1S/C23H19N3O2S/c27-22(15-29-23-24-17-10-4-5-11-18(17)25-23)26-19-12-6-7-13-21(19)28-14-20(26)16-8-2-1-3-9-16/h1-13,20H,14-15H2,(H,24,25)/t20-/m1/s1. The largest absolute Gasteiger partial charge is 0.489 e. The van der Waals surface area contributed by atoms with Gasteiger partial charge in [-0.05, 0) is 29.8 Å². The van der Waals surface area contributed by atoms with Crippen LogP contribution in [0.15, 0.2) is 84.0 Å². The number of hydrogen-bond donors (Lipinski definition) is 1. The van der Waals surface area contributed by atoms with Crippen LogP contribution in [0.3, 0.4) is 0 Å². The van der Waals surface area contributed by atoms with Crippen LogP contribution in [0, 0.1) is 0 Å². The molecular formula is C23H19N3O2S. The van der Waals surface area contributed by atoms with Gasteiger partial charge >= 0.3 is 0 Å². The minimum absolute atomic E-state index is 0.0278. The van der Waals surface area contributed by atoms with Gasteiger partial charge in [-0.15, -0.1) is 0 Å². The molecule has 1 atom stereocenters. The first kappa shape index (κ1) is 17.8. The first-order valence-corrected chi connectivity index (χ1v) is 10.4. The van der Waals surface area contributed by atoms with Crippen molar-refractivity contribution in [2.24, 2.45) is 0 Å². The summed E-state index contributed by atoms with van der Waals surface area (Å²) in [6.07, 6.45) is 0. The number of ether oxygens (including phenoxy) is 1. The van der Waals surface area contributed by atoms with Gasteiger partial charge < -0.3 is 9.72 Å². The number of rotatable bonds is 4. The van der Waals surface area contributed by atoms with Crippen molar-refractivity contribution in [3.8, 4) is 5.75 Å². The summed E-state index contributed by atoms with van der Waals surface area (Å²) in [5, 5.41) is 0.748. The molecule has 1 aliphatic rings. The van der Waals surface area contributed by atoms with Gasteiger partial charge in [0.1, 0.15) is 12.4 Å². The first-order chi connectivity index (χ1) is 14.3. The molecule has 2 heterocycles. The van der Waals surface area contributed by atoms with Crippen molar-refractivity contribution in [1.82, 2.24) is 9.97 Å². The van der Waals surface area contributed by atoms with Crippen molar-refractivity contribution >= 4 is 34.4 Å². The number of amides is 1. The van der Waals surface area contributed by atoms with Gasteiger partial charge in [0.25, 0.3) is 0 Å². The third kappa shape index (κ3) is 3.47. The second kappa shape index (κ2) is 7.64. The number of H-pyrrole nitrogens is 1. The van der Waals surface area contributed by atoms with Crippen molar-refractivity contribution in [1.29, 1.82) is 0 Å². The van der Waals surface area contributed by atoms with Crippen molar-refractivity contribution in [3.63, 3.8) is 0 Å². The van der Waals surface area contributed by atoms with Crippen LogP contribution in [0.2, 0.25) is 0 Å². The van der Waals surface area contributed by atoms with Gasteiger partial charge in [-0.1, -0.05) is 66.4 Å². The summed E-state index contributed by atoms with van der Waals surface area (Å²) in [6.45, 7) is 0.433. The quantitative estimate of drug-likeness (QED) is 0.498. The van der Waals surface area contributed by atoms with E-state index in [-0.39, 0.29) is 17.7 Å². The molecule has 0 saturated heterocycles. The van der Waals surface area contributed by atoms with E-state index in [4.69, 9.17) is 4.74 Å². The summed E-state index contributed by atoms with van der Waals surface area (Å²) in [6, 6.07) is 25.4. The fraction of sp³-hybridized carbons (Fsp3) is 0.130. The van der Waals surface area contributed by atoms with E-state index in [0.29, 0.717) is 6.61 Å². The van der Waals surface area contributed by atoms with Crippen LogP contribution in [0.25, 0.3) is 11.0 Å². The molecule has 0 fully saturated rings. The Bertz CT molecular complexity index is 1130. The maximum atomic E-state index is 13.3. The fourth-order valence-electron chi connectivity index (χ4n) is 3.62. The highest BCUT2D eigenvalue weighted by Gasteiger charge is 2.33. The van der Waals surface area contributed by atoms with Gasteiger partial charge in [0.05, 0.1) is 28.5 Å². The summed E-state index contributed by atoms with van der Waals surface area (Å²) in [5.74, 6) is 1.05. The van der Waals surface area contributed by atoms with Crippen LogP contribution in [-0.4, -0.2) is 28.2 Å². The molecule has 0 saturated carbocycles. The van der Waals surface area contributed by atoms with Crippen molar-refractivity contribution in [2.75, 3.05) is 17.3 Å². The average Bonchev–Trinajstić information content (AvgIpc) is 3.20. The summed E-state index contributed by atoms with van der Waals surface area (Å²) in [7, 11) is 0. The lowest BCUT2D eigenvalue weighted by Crippen LogP contribution is -2.42. The number of thioether (sulfide) groups is 1. The highest BCUT2D eigenvalue weighted by atomic mass is 32.2. The molecule has 144 valence electrons. The average molecular weight is 401 g/mol. The lowest BCUT2D eigenvalue weighted by Gasteiger charge is -2.37. The Balaban J connectivity index is 1.42. The first-order valence-electron chi connectivity index (χ1n) is 9.46. The highest BCUT2D eigenvalue weighted by molar-refractivity contribution is 7.99. The van der Waals surface area contributed by atoms with E-state index in [1.165, 1.54) is 11.8 Å². The van der Waals surface area contributed by atoms with E-state index in [0.717, 1.165) is 33.2 Å². The lowest BCUT2D eigenvalue weighted by molar-refractivity contribution is -0.117. The Kier molecular flexibility index (Phi) is 4.69. The number of aromatic amines is 1. The zero-order chi connectivity index (χ0) is 19.6. The monoisotopic (exact) mass is 401 g/mol. The van der Waals surface area contributed by atoms with Crippen LogP contribution in [0.4, 0.5) is 5.69 Å². The fourth-order valence-corrected chi connectivity index (χ4v) is 4.36. The van der Waals surface area contributed by atoms with Crippen LogP contribution >= 0.6 is 11.8 Å². The maximum absolute atomic E-state index is 13.3. The minimum Gasteiger partial charge on any atom is -0.489 e. The lowest BCUT2D eigenvalue weighted by atomic mass is 10.0. The molecule has 0 bridgehead atoms. The molecular weight excluding hydrogens is 382 g/mol. The molecule has 1 aliphatic heterocycles. The van der Waals surface area contributed by atoms with Gasteiger partial charge in [-0.3, -0.25) is 9.69 Å². The zero-order valence-electron chi connectivity index (χ0n) is 15.6. The Morgan fingerprint density at radius 2 is 1.79 bits per heavy atom. The van der Waals surface area contributed by atoms with Crippen LogP contribution < -0.4 is 9.64 Å². The molecule has 0 radical (unpaired) electrons. The van der Waals surface area contributed by atoms with E-state index in [9.17, 15) is 4.79 Å². The van der Waals surface area contributed by atoms with Crippen LogP contribution in [-0.2, 0) is 4.79 Å². The number of carbonyl (C=O) groups excluding carboxylic acids is 1. The molecule has 29 heavy (non-hydrogen) atoms. The number of benzene rings is 3. The number of nitrogens with one attached hydrogen (secondary N) is 1. The smallest absolute Gasteiger partial charge is 0.238 e. The Hall–Kier alpha value is -3.25. The summed E-state index contributed by atoms with van der Waals surface area (Å²) >= 11 is 1.42. The predicted molar refractivity (Wildman–Crippen MR) is 115 cm³/mol. The summed E-state index contributed by atoms with van der Waals surface area (Å²) in [5.41, 5.74) is 3.74. The van der Waals surface area contributed by atoms with E-state index >= 15 is 0 Å². The van der Waals surface area contributed by atoms with Gasteiger partial charge in [0, 0.05) is 0 Å². The van der Waals surface area contributed by atoms with E-state index in [1.54, 1.807) is 0 Å². The van der Waals surface area contributed by atoms with Crippen molar-refractivity contribution in [2.45, 2.75) is 11.2 Å². The molecule has 5 rings (SSSR count). The number of carbonyl (C=O) groups is 1. The van der Waals surface area contributed by atoms with Crippen molar-refractivity contribution < 1.29 is 9.53 Å². The van der Waals surface area contributed by atoms with E-state index in [2.05, 4.69) is 9.97 Å². The number of imidazole rings is 1. The number of hydrogen-bond acceptors (Lipinski definition) is 4. The highest BCUT2D eigenvalue weighted by Crippen LogP contribution is 2.39. The molecule has 6 heteroatoms. The van der Waals surface area contributed by atoms with Gasteiger partial charge in [0.15, 0.2) is 5.16 Å². The van der Waals surface area contributed by atoms with Gasteiger partial charge in [-0.2, -0.15) is 0 Å². The van der Waals surface area contributed by atoms with E-state index in [1.807, 2.05) is 83.8 Å².